The SMILES string of the molecule is C=CC1CCN(CC(=C)C(N)=O)C1=O. The normalized spacial score (nSPS) is 21.0. The Morgan fingerprint density at radius 2 is 2.36 bits per heavy atom. The van der Waals surface area contributed by atoms with Crippen LogP contribution in [-0.2, 0) is 9.59 Å². The molecule has 1 fully saturated rings. The van der Waals surface area contributed by atoms with Gasteiger partial charge in [-0.15, -0.1) is 6.58 Å². The van der Waals surface area contributed by atoms with Crippen LogP contribution in [0.15, 0.2) is 24.8 Å². The molecule has 1 aliphatic heterocycles. The maximum Gasteiger partial charge on any atom is 0.245 e. The lowest BCUT2D eigenvalue weighted by atomic mass is 10.1. The van der Waals surface area contributed by atoms with Crippen LogP contribution >= 0.6 is 0 Å². The number of amides is 2. The Kier molecular flexibility index (Phi) is 3.06. The van der Waals surface area contributed by atoms with Gasteiger partial charge in [0.25, 0.3) is 0 Å². The van der Waals surface area contributed by atoms with Gasteiger partial charge in [0.2, 0.25) is 11.8 Å². The Bertz CT molecular complexity index is 296. The summed E-state index contributed by atoms with van der Waals surface area (Å²) < 4.78 is 0. The van der Waals surface area contributed by atoms with Crippen molar-refractivity contribution in [2.24, 2.45) is 11.7 Å². The van der Waals surface area contributed by atoms with E-state index in [1.54, 1.807) is 11.0 Å². The standard InChI is InChI=1S/C10H14N2O2/c1-3-8-4-5-12(10(8)14)6-7(2)9(11)13/h3,8H,1-2,4-6H2,(H2,11,13). The van der Waals surface area contributed by atoms with Crippen LogP contribution in [0.5, 0.6) is 0 Å². The van der Waals surface area contributed by atoms with E-state index in [2.05, 4.69) is 13.2 Å². The fourth-order valence-corrected chi connectivity index (χ4v) is 1.45. The van der Waals surface area contributed by atoms with E-state index in [9.17, 15) is 9.59 Å². The zero-order chi connectivity index (χ0) is 10.7. The molecule has 4 nitrogen and oxygen atoms in total. The lowest BCUT2D eigenvalue weighted by Crippen LogP contribution is -2.32. The van der Waals surface area contributed by atoms with Crippen LogP contribution < -0.4 is 5.73 Å². The molecule has 1 unspecified atom stereocenters. The predicted molar refractivity (Wildman–Crippen MR) is 53.2 cm³/mol. The number of rotatable bonds is 4. The van der Waals surface area contributed by atoms with Gasteiger partial charge >= 0.3 is 0 Å². The third-order valence-electron chi connectivity index (χ3n) is 2.35. The molecule has 0 spiro atoms. The molecule has 0 aromatic carbocycles. The molecule has 1 saturated heterocycles. The summed E-state index contributed by atoms with van der Waals surface area (Å²) in [4.78, 5) is 23.8. The van der Waals surface area contributed by atoms with E-state index in [0.717, 1.165) is 6.42 Å². The van der Waals surface area contributed by atoms with Gasteiger partial charge in [-0.25, -0.2) is 0 Å². The summed E-state index contributed by atoms with van der Waals surface area (Å²) >= 11 is 0. The number of nitrogens with two attached hydrogens (primary N) is 1. The highest BCUT2D eigenvalue weighted by Gasteiger charge is 2.29. The Hall–Kier alpha value is -1.58. The number of hydrogen-bond acceptors (Lipinski definition) is 2. The third kappa shape index (κ3) is 2.02. The van der Waals surface area contributed by atoms with E-state index in [4.69, 9.17) is 5.73 Å². The van der Waals surface area contributed by atoms with Crippen molar-refractivity contribution in [2.45, 2.75) is 6.42 Å². The van der Waals surface area contributed by atoms with Gasteiger partial charge in [-0.05, 0) is 6.42 Å². The monoisotopic (exact) mass is 194 g/mol. The molecule has 76 valence electrons. The van der Waals surface area contributed by atoms with Gasteiger partial charge in [0.05, 0.1) is 12.5 Å². The first-order valence-electron chi connectivity index (χ1n) is 4.45. The Labute approximate surface area is 83.1 Å². The zero-order valence-electron chi connectivity index (χ0n) is 8.03. The van der Waals surface area contributed by atoms with Crippen LogP contribution in [0.25, 0.3) is 0 Å². The average Bonchev–Trinajstić information content (AvgIpc) is 2.47. The van der Waals surface area contributed by atoms with Crippen LogP contribution in [-0.4, -0.2) is 29.8 Å². The second-order valence-electron chi connectivity index (χ2n) is 3.36. The largest absolute Gasteiger partial charge is 0.366 e. The topological polar surface area (TPSA) is 63.4 Å². The maximum atomic E-state index is 11.6. The number of carbonyl (C=O) groups excluding carboxylic acids is 2. The Morgan fingerprint density at radius 1 is 1.71 bits per heavy atom. The van der Waals surface area contributed by atoms with Crippen LogP contribution in [0.1, 0.15) is 6.42 Å². The van der Waals surface area contributed by atoms with E-state index in [1.807, 2.05) is 0 Å². The molecule has 1 atom stereocenters. The van der Waals surface area contributed by atoms with Gasteiger partial charge in [-0.1, -0.05) is 12.7 Å². The molecular formula is C10H14N2O2. The summed E-state index contributed by atoms with van der Waals surface area (Å²) in [6, 6.07) is 0. The molecule has 1 heterocycles. The van der Waals surface area contributed by atoms with Crippen LogP contribution in [0.4, 0.5) is 0 Å². The molecule has 0 aromatic rings. The first kappa shape index (κ1) is 10.5. The summed E-state index contributed by atoms with van der Waals surface area (Å²) in [5.41, 5.74) is 5.30. The van der Waals surface area contributed by atoms with Gasteiger partial charge < -0.3 is 10.6 Å². The van der Waals surface area contributed by atoms with Crippen LogP contribution in [0.2, 0.25) is 0 Å². The molecule has 14 heavy (non-hydrogen) atoms. The summed E-state index contributed by atoms with van der Waals surface area (Å²) in [5, 5.41) is 0. The molecule has 0 aliphatic carbocycles. The molecule has 0 radical (unpaired) electrons. The minimum absolute atomic E-state index is 0.00222. The van der Waals surface area contributed by atoms with E-state index in [-0.39, 0.29) is 23.9 Å². The molecule has 2 amide bonds. The molecule has 0 bridgehead atoms. The molecule has 2 N–H and O–H groups in total. The van der Waals surface area contributed by atoms with Crippen molar-refractivity contribution in [1.82, 2.24) is 4.90 Å². The molecule has 4 heteroatoms. The maximum absolute atomic E-state index is 11.6. The van der Waals surface area contributed by atoms with Gasteiger partial charge in [-0.2, -0.15) is 0 Å². The summed E-state index contributed by atoms with van der Waals surface area (Å²) in [6.07, 6.45) is 2.39. The van der Waals surface area contributed by atoms with Crippen molar-refractivity contribution >= 4 is 11.8 Å². The van der Waals surface area contributed by atoms with Crippen LogP contribution in [0, 0.1) is 5.92 Å². The first-order chi connectivity index (χ1) is 6.56. The van der Waals surface area contributed by atoms with Gasteiger partial charge in [0.15, 0.2) is 0 Å². The van der Waals surface area contributed by atoms with Crippen LogP contribution in [0.3, 0.4) is 0 Å². The Balaban J connectivity index is 2.56. The van der Waals surface area contributed by atoms with Crippen molar-refractivity contribution in [3.05, 3.63) is 24.8 Å². The van der Waals surface area contributed by atoms with Gasteiger partial charge in [0, 0.05) is 12.1 Å². The number of carbonyl (C=O) groups is 2. The highest BCUT2D eigenvalue weighted by Crippen LogP contribution is 2.19. The van der Waals surface area contributed by atoms with E-state index in [0.29, 0.717) is 6.54 Å². The van der Waals surface area contributed by atoms with E-state index < -0.39 is 5.91 Å². The number of likely N-dealkylation sites (tertiary alicyclic amines) is 1. The van der Waals surface area contributed by atoms with E-state index in [1.165, 1.54) is 0 Å². The number of hydrogen-bond donors (Lipinski definition) is 1. The highest BCUT2D eigenvalue weighted by atomic mass is 16.2. The molecular weight excluding hydrogens is 180 g/mol. The second-order valence-corrected chi connectivity index (χ2v) is 3.36. The quantitative estimate of drug-likeness (QED) is 0.508. The third-order valence-corrected chi connectivity index (χ3v) is 2.35. The van der Waals surface area contributed by atoms with Crippen molar-refractivity contribution < 1.29 is 9.59 Å². The predicted octanol–water partition coefficient (Wildman–Crippen LogP) is 0.0624. The lowest BCUT2D eigenvalue weighted by molar-refractivity contribution is -0.129. The van der Waals surface area contributed by atoms with Crippen molar-refractivity contribution in [3.63, 3.8) is 0 Å². The van der Waals surface area contributed by atoms with Gasteiger partial charge in [0.1, 0.15) is 0 Å². The molecule has 1 aliphatic rings. The molecule has 0 aromatic heterocycles. The summed E-state index contributed by atoms with van der Waals surface area (Å²) in [5.74, 6) is -0.669. The average molecular weight is 194 g/mol. The lowest BCUT2D eigenvalue weighted by Gasteiger charge is -2.15. The minimum atomic E-state index is -0.556. The molecule has 0 saturated carbocycles. The molecule has 1 rings (SSSR count). The number of nitrogens with zero attached hydrogens (tertiary/aromatic N) is 1. The summed E-state index contributed by atoms with van der Waals surface area (Å²) in [7, 11) is 0. The summed E-state index contributed by atoms with van der Waals surface area (Å²) in [6.45, 7) is 7.96. The number of primary amides is 1. The zero-order valence-corrected chi connectivity index (χ0v) is 8.03. The van der Waals surface area contributed by atoms with Crippen molar-refractivity contribution in [3.8, 4) is 0 Å². The Morgan fingerprint density at radius 3 is 2.79 bits per heavy atom. The second kappa shape index (κ2) is 4.09. The van der Waals surface area contributed by atoms with Gasteiger partial charge in [-0.3, -0.25) is 9.59 Å². The van der Waals surface area contributed by atoms with E-state index >= 15 is 0 Å². The smallest absolute Gasteiger partial charge is 0.245 e. The van der Waals surface area contributed by atoms with Crippen molar-refractivity contribution in [2.75, 3.05) is 13.1 Å². The fraction of sp³-hybridized carbons (Fsp3) is 0.400. The minimum Gasteiger partial charge on any atom is -0.366 e. The highest BCUT2D eigenvalue weighted by molar-refractivity contribution is 5.93. The first-order valence-corrected chi connectivity index (χ1v) is 4.45. The van der Waals surface area contributed by atoms with Crippen molar-refractivity contribution in [1.29, 1.82) is 0 Å². The fourth-order valence-electron chi connectivity index (χ4n) is 1.45.